The summed E-state index contributed by atoms with van der Waals surface area (Å²) in [7, 11) is 1.65. The van der Waals surface area contributed by atoms with Gasteiger partial charge in [-0.3, -0.25) is 0 Å². The van der Waals surface area contributed by atoms with E-state index in [0.29, 0.717) is 12.6 Å². The largest absolute Gasteiger partial charge is 0.497 e. The van der Waals surface area contributed by atoms with Crippen LogP contribution in [0.2, 0.25) is 0 Å². The van der Waals surface area contributed by atoms with Crippen molar-refractivity contribution in [2.24, 2.45) is 0 Å². The topological polar surface area (TPSA) is 49.4 Å². The van der Waals surface area contributed by atoms with Crippen molar-refractivity contribution in [3.8, 4) is 11.5 Å². The number of aromatic nitrogens is 1. The molecule has 0 fully saturated rings. The summed E-state index contributed by atoms with van der Waals surface area (Å²) in [5.74, 6) is 1.57. The van der Waals surface area contributed by atoms with Crippen LogP contribution in [0.5, 0.6) is 11.5 Å². The molecule has 0 atom stereocenters. The van der Waals surface area contributed by atoms with E-state index in [1.54, 1.807) is 7.11 Å². The van der Waals surface area contributed by atoms with Crippen molar-refractivity contribution < 1.29 is 9.47 Å². The first-order chi connectivity index (χ1) is 11.1. The molecule has 0 aliphatic rings. The van der Waals surface area contributed by atoms with E-state index in [9.17, 15) is 0 Å². The Hall–Kier alpha value is -2.62. The van der Waals surface area contributed by atoms with Crippen LogP contribution < -0.4 is 15.2 Å². The molecule has 4 heteroatoms. The van der Waals surface area contributed by atoms with Crippen LogP contribution in [0.1, 0.15) is 25.5 Å². The van der Waals surface area contributed by atoms with Crippen LogP contribution in [0.4, 0.5) is 5.69 Å². The zero-order chi connectivity index (χ0) is 16.4. The second-order valence-corrected chi connectivity index (χ2v) is 5.86. The van der Waals surface area contributed by atoms with Gasteiger partial charge in [0.2, 0.25) is 0 Å². The maximum Gasteiger partial charge on any atom is 0.123 e. The predicted octanol–water partition coefficient (Wildman–Crippen LogP) is 4.39. The molecule has 120 valence electrons. The first-order valence-electron chi connectivity index (χ1n) is 7.75. The Morgan fingerprint density at radius 3 is 2.57 bits per heavy atom. The van der Waals surface area contributed by atoms with Gasteiger partial charge < -0.3 is 19.8 Å². The van der Waals surface area contributed by atoms with Crippen molar-refractivity contribution in [1.82, 2.24) is 4.57 Å². The molecule has 0 aliphatic heterocycles. The lowest BCUT2D eigenvalue weighted by atomic mass is 10.1. The molecule has 23 heavy (non-hydrogen) atoms. The Bertz CT molecular complexity index is 821. The third-order valence-electron chi connectivity index (χ3n) is 3.96. The van der Waals surface area contributed by atoms with E-state index in [-0.39, 0.29) is 0 Å². The number of nitrogens with two attached hydrogens (primary N) is 1. The Balaban J connectivity index is 1.93. The Morgan fingerprint density at radius 1 is 1.09 bits per heavy atom. The summed E-state index contributed by atoms with van der Waals surface area (Å²) in [5.41, 5.74) is 9.21. The lowest BCUT2D eigenvalue weighted by Gasteiger charge is -2.08. The molecule has 1 heterocycles. The molecule has 0 bridgehead atoms. The SMILES string of the molecule is COc1cccc(OCc2cn(C(C)C)c3cccc(N)c23)c1. The van der Waals surface area contributed by atoms with E-state index in [4.69, 9.17) is 15.2 Å². The van der Waals surface area contributed by atoms with Crippen LogP contribution in [0.15, 0.2) is 48.7 Å². The fraction of sp³-hybridized carbons (Fsp3) is 0.263. The number of nitrogens with zero attached hydrogens (tertiary/aromatic N) is 1. The molecule has 0 saturated carbocycles. The molecule has 0 aliphatic carbocycles. The molecule has 3 rings (SSSR count). The number of benzene rings is 2. The quantitative estimate of drug-likeness (QED) is 0.711. The maximum atomic E-state index is 6.20. The van der Waals surface area contributed by atoms with Crippen molar-refractivity contribution in [1.29, 1.82) is 0 Å². The highest BCUT2D eigenvalue weighted by Crippen LogP contribution is 2.30. The van der Waals surface area contributed by atoms with Gasteiger partial charge in [-0.25, -0.2) is 0 Å². The van der Waals surface area contributed by atoms with E-state index in [0.717, 1.165) is 33.7 Å². The normalized spacial score (nSPS) is 11.1. The molecule has 0 unspecified atom stereocenters. The average molecular weight is 310 g/mol. The summed E-state index contributed by atoms with van der Waals surface area (Å²) in [6.45, 7) is 4.79. The third-order valence-corrected chi connectivity index (χ3v) is 3.96. The minimum Gasteiger partial charge on any atom is -0.497 e. The molecule has 0 amide bonds. The predicted molar refractivity (Wildman–Crippen MR) is 94.1 cm³/mol. The maximum absolute atomic E-state index is 6.20. The van der Waals surface area contributed by atoms with E-state index in [1.165, 1.54) is 0 Å². The number of methoxy groups -OCH3 is 1. The molecule has 4 nitrogen and oxygen atoms in total. The number of hydrogen-bond donors (Lipinski definition) is 1. The van der Waals surface area contributed by atoms with Gasteiger partial charge in [0.25, 0.3) is 0 Å². The molecular weight excluding hydrogens is 288 g/mol. The van der Waals surface area contributed by atoms with Crippen molar-refractivity contribution in [2.75, 3.05) is 12.8 Å². The van der Waals surface area contributed by atoms with Crippen LogP contribution in [0.3, 0.4) is 0 Å². The highest BCUT2D eigenvalue weighted by Gasteiger charge is 2.13. The van der Waals surface area contributed by atoms with Crippen LogP contribution >= 0.6 is 0 Å². The smallest absolute Gasteiger partial charge is 0.123 e. The lowest BCUT2D eigenvalue weighted by molar-refractivity contribution is 0.304. The van der Waals surface area contributed by atoms with Gasteiger partial charge in [-0.05, 0) is 38.1 Å². The van der Waals surface area contributed by atoms with Gasteiger partial charge in [-0.1, -0.05) is 12.1 Å². The van der Waals surface area contributed by atoms with Crippen molar-refractivity contribution in [2.45, 2.75) is 26.5 Å². The number of nitrogen functional groups attached to an aromatic ring is 1. The molecule has 0 radical (unpaired) electrons. The first kappa shape index (κ1) is 15.3. The minimum atomic E-state index is 0.366. The van der Waals surface area contributed by atoms with Crippen molar-refractivity contribution >= 4 is 16.6 Å². The number of fused-ring (bicyclic) bond motifs is 1. The standard InChI is InChI=1S/C19H22N2O2/c1-13(2)21-11-14(19-17(20)8-5-9-18(19)21)12-23-16-7-4-6-15(10-16)22-3/h4-11,13H,12,20H2,1-3H3. The fourth-order valence-corrected chi connectivity index (χ4v) is 2.81. The number of anilines is 1. The minimum absolute atomic E-state index is 0.366. The molecule has 2 aromatic carbocycles. The molecular formula is C19H22N2O2. The lowest BCUT2D eigenvalue weighted by Crippen LogP contribution is -1.98. The molecule has 3 aromatic rings. The van der Waals surface area contributed by atoms with Gasteiger partial charge in [0.05, 0.1) is 12.6 Å². The zero-order valence-corrected chi connectivity index (χ0v) is 13.7. The van der Waals surface area contributed by atoms with E-state index >= 15 is 0 Å². The summed E-state index contributed by atoms with van der Waals surface area (Å²) >= 11 is 0. The first-order valence-corrected chi connectivity index (χ1v) is 7.75. The monoisotopic (exact) mass is 310 g/mol. The average Bonchev–Trinajstić information content (AvgIpc) is 2.93. The summed E-state index contributed by atoms with van der Waals surface area (Å²) in [6, 6.07) is 14.0. The number of ether oxygens (including phenoxy) is 2. The van der Waals surface area contributed by atoms with Gasteiger partial charge in [-0.15, -0.1) is 0 Å². The second kappa shape index (κ2) is 6.24. The number of rotatable bonds is 5. The van der Waals surface area contributed by atoms with Crippen LogP contribution in [0.25, 0.3) is 10.9 Å². The molecule has 0 saturated heterocycles. The van der Waals surface area contributed by atoms with E-state index < -0.39 is 0 Å². The zero-order valence-electron chi connectivity index (χ0n) is 13.7. The van der Waals surface area contributed by atoms with Gasteiger partial charge in [0.15, 0.2) is 0 Å². The van der Waals surface area contributed by atoms with Gasteiger partial charge >= 0.3 is 0 Å². The summed E-state index contributed by atoms with van der Waals surface area (Å²) in [4.78, 5) is 0. The Labute approximate surface area is 136 Å². The van der Waals surface area contributed by atoms with Gasteiger partial charge in [-0.2, -0.15) is 0 Å². The van der Waals surface area contributed by atoms with Crippen molar-refractivity contribution in [3.63, 3.8) is 0 Å². The van der Waals surface area contributed by atoms with Crippen LogP contribution in [-0.2, 0) is 6.61 Å². The van der Waals surface area contributed by atoms with E-state index in [2.05, 4.69) is 30.7 Å². The molecule has 0 spiro atoms. The highest BCUT2D eigenvalue weighted by atomic mass is 16.5. The third kappa shape index (κ3) is 2.97. The highest BCUT2D eigenvalue weighted by molar-refractivity contribution is 5.94. The van der Waals surface area contributed by atoms with Crippen molar-refractivity contribution in [3.05, 3.63) is 54.2 Å². The second-order valence-electron chi connectivity index (χ2n) is 5.86. The summed E-state index contributed by atoms with van der Waals surface area (Å²) in [6.07, 6.45) is 2.13. The Kier molecular flexibility index (Phi) is 4.15. The Morgan fingerprint density at radius 2 is 1.83 bits per heavy atom. The van der Waals surface area contributed by atoms with Gasteiger partial charge in [0.1, 0.15) is 18.1 Å². The summed E-state index contributed by atoms with van der Waals surface area (Å²) in [5, 5.41) is 1.07. The van der Waals surface area contributed by atoms with Gasteiger partial charge in [0, 0.05) is 34.9 Å². The molecule has 2 N–H and O–H groups in total. The van der Waals surface area contributed by atoms with E-state index in [1.807, 2.05) is 36.4 Å². The van der Waals surface area contributed by atoms with Crippen LogP contribution in [0, 0.1) is 0 Å². The number of hydrogen-bond acceptors (Lipinski definition) is 3. The summed E-state index contributed by atoms with van der Waals surface area (Å²) < 4.78 is 13.4. The van der Waals surface area contributed by atoms with Crippen LogP contribution in [-0.4, -0.2) is 11.7 Å². The molecule has 1 aromatic heterocycles. The fourth-order valence-electron chi connectivity index (χ4n) is 2.81.